The molecule has 0 bridgehead atoms. The fourth-order valence-corrected chi connectivity index (χ4v) is 4.25. The molecular formula is C13H19BrO2S. The molecule has 0 aromatic heterocycles. The molecule has 1 aromatic rings. The zero-order valence-electron chi connectivity index (χ0n) is 10.5. The van der Waals surface area contributed by atoms with E-state index in [9.17, 15) is 8.42 Å². The monoisotopic (exact) mass is 318 g/mol. The van der Waals surface area contributed by atoms with Crippen LogP contribution in [0.4, 0.5) is 0 Å². The van der Waals surface area contributed by atoms with Crippen molar-refractivity contribution in [3.05, 3.63) is 34.9 Å². The van der Waals surface area contributed by atoms with Crippen LogP contribution in [0.2, 0.25) is 0 Å². The highest BCUT2D eigenvalue weighted by Crippen LogP contribution is 2.14. The van der Waals surface area contributed by atoms with Crippen LogP contribution in [0.5, 0.6) is 0 Å². The number of hydrogen-bond acceptors (Lipinski definition) is 2. The maximum atomic E-state index is 12.0. The van der Waals surface area contributed by atoms with Crippen LogP contribution >= 0.6 is 15.9 Å². The van der Waals surface area contributed by atoms with Gasteiger partial charge in [-0.3, -0.25) is 0 Å². The summed E-state index contributed by atoms with van der Waals surface area (Å²) in [5, 5.41) is 0.721. The molecule has 1 unspecified atom stereocenters. The van der Waals surface area contributed by atoms with Gasteiger partial charge >= 0.3 is 0 Å². The first-order valence-corrected chi connectivity index (χ1v) is 8.60. The average Bonchev–Trinajstić information content (AvgIpc) is 2.13. The van der Waals surface area contributed by atoms with Gasteiger partial charge in [-0.1, -0.05) is 52.2 Å². The van der Waals surface area contributed by atoms with Crippen molar-refractivity contribution >= 4 is 25.8 Å². The van der Waals surface area contributed by atoms with Crippen LogP contribution in [0.3, 0.4) is 0 Å². The molecule has 0 saturated carbocycles. The molecule has 1 aromatic carbocycles. The first-order valence-electron chi connectivity index (χ1n) is 5.66. The van der Waals surface area contributed by atoms with Gasteiger partial charge in [0.1, 0.15) is 0 Å². The highest BCUT2D eigenvalue weighted by atomic mass is 79.9. The van der Waals surface area contributed by atoms with Crippen molar-refractivity contribution in [1.82, 2.24) is 0 Å². The molecule has 0 aliphatic rings. The van der Waals surface area contributed by atoms with E-state index in [2.05, 4.69) is 22.0 Å². The van der Waals surface area contributed by atoms with E-state index in [1.165, 1.54) is 0 Å². The molecule has 0 spiro atoms. The first kappa shape index (κ1) is 14.7. The molecule has 2 nitrogen and oxygen atoms in total. The number of benzene rings is 1. The van der Waals surface area contributed by atoms with Gasteiger partial charge in [0.05, 0.1) is 11.5 Å². The molecule has 0 aliphatic heterocycles. The summed E-state index contributed by atoms with van der Waals surface area (Å²) in [5.41, 5.74) is 3.12. The van der Waals surface area contributed by atoms with Crippen molar-refractivity contribution in [2.75, 3.05) is 11.1 Å². The summed E-state index contributed by atoms with van der Waals surface area (Å²) in [6.07, 6.45) is 0. The second-order valence-corrected chi connectivity index (χ2v) is 7.57. The fraction of sp³-hybridized carbons (Fsp3) is 0.538. The number of aryl methyl sites for hydroxylation is 2. The Labute approximate surface area is 112 Å². The maximum Gasteiger partial charge on any atom is 0.154 e. The van der Waals surface area contributed by atoms with E-state index in [4.69, 9.17) is 0 Å². The maximum absolute atomic E-state index is 12.0. The third kappa shape index (κ3) is 5.21. The predicted molar refractivity (Wildman–Crippen MR) is 76.4 cm³/mol. The van der Waals surface area contributed by atoms with Gasteiger partial charge in [-0.05, 0) is 25.3 Å². The predicted octanol–water partition coefficient (Wildman–Crippen LogP) is 3.25. The zero-order chi connectivity index (χ0) is 13.1. The molecule has 0 saturated heterocycles. The van der Waals surface area contributed by atoms with Gasteiger partial charge in [0.15, 0.2) is 9.84 Å². The molecule has 1 rings (SSSR count). The van der Waals surface area contributed by atoms with Gasteiger partial charge in [0, 0.05) is 5.33 Å². The lowest BCUT2D eigenvalue weighted by Crippen LogP contribution is -2.16. The third-order valence-corrected chi connectivity index (χ3v) is 5.43. The second kappa shape index (κ2) is 6.01. The smallest absolute Gasteiger partial charge is 0.154 e. The third-order valence-electron chi connectivity index (χ3n) is 2.47. The Bertz CT molecular complexity index is 460. The molecule has 0 amide bonds. The second-order valence-electron chi connectivity index (χ2n) is 4.81. The zero-order valence-corrected chi connectivity index (χ0v) is 12.9. The van der Waals surface area contributed by atoms with Crippen molar-refractivity contribution < 1.29 is 8.42 Å². The number of hydrogen-bond donors (Lipinski definition) is 0. The van der Waals surface area contributed by atoms with Gasteiger partial charge < -0.3 is 0 Å². The molecule has 0 aliphatic carbocycles. The van der Waals surface area contributed by atoms with Crippen LogP contribution in [-0.4, -0.2) is 19.5 Å². The fourth-order valence-electron chi connectivity index (χ4n) is 1.94. The minimum absolute atomic E-state index is 0.146. The molecule has 1 atom stereocenters. The minimum Gasteiger partial charge on any atom is -0.228 e. The normalized spacial score (nSPS) is 13.6. The molecule has 0 fully saturated rings. The topological polar surface area (TPSA) is 34.1 Å². The Morgan fingerprint density at radius 1 is 1.18 bits per heavy atom. The Morgan fingerprint density at radius 3 is 2.18 bits per heavy atom. The Balaban J connectivity index is 2.83. The summed E-state index contributed by atoms with van der Waals surface area (Å²) in [5.74, 6) is 0.545. The number of halogens is 1. The molecule has 4 heteroatoms. The largest absolute Gasteiger partial charge is 0.228 e. The highest BCUT2D eigenvalue weighted by Gasteiger charge is 2.16. The summed E-state index contributed by atoms with van der Waals surface area (Å²) in [6, 6.07) is 5.95. The van der Waals surface area contributed by atoms with Crippen LogP contribution in [0, 0.1) is 19.8 Å². The summed E-state index contributed by atoms with van der Waals surface area (Å²) < 4.78 is 23.9. The van der Waals surface area contributed by atoms with Crippen molar-refractivity contribution in [3.63, 3.8) is 0 Å². The Kier molecular flexibility index (Phi) is 5.20. The lowest BCUT2D eigenvalue weighted by Gasteiger charge is -2.10. The number of sulfone groups is 1. The van der Waals surface area contributed by atoms with Crippen LogP contribution in [0.25, 0.3) is 0 Å². The molecule has 96 valence electrons. The van der Waals surface area contributed by atoms with Crippen molar-refractivity contribution in [2.45, 2.75) is 26.5 Å². The van der Waals surface area contributed by atoms with Gasteiger partial charge in [0.2, 0.25) is 0 Å². The van der Waals surface area contributed by atoms with E-state index >= 15 is 0 Å². The van der Waals surface area contributed by atoms with Crippen LogP contribution in [0.1, 0.15) is 23.6 Å². The summed E-state index contributed by atoms with van der Waals surface area (Å²) in [7, 11) is -3.01. The van der Waals surface area contributed by atoms with E-state index in [0.29, 0.717) is 0 Å². The van der Waals surface area contributed by atoms with Crippen molar-refractivity contribution in [3.8, 4) is 0 Å². The lowest BCUT2D eigenvalue weighted by atomic mass is 10.1. The molecule has 17 heavy (non-hydrogen) atoms. The van der Waals surface area contributed by atoms with E-state index in [1.807, 2.05) is 32.9 Å². The standard InChI is InChI=1S/C13H19BrO2S/c1-10-4-11(2)6-13(5-10)9-17(15,16)8-12(3)7-14/h4-6,12H,7-9H2,1-3H3. The Morgan fingerprint density at radius 2 is 1.71 bits per heavy atom. The van der Waals surface area contributed by atoms with E-state index in [-0.39, 0.29) is 17.4 Å². The number of rotatable bonds is 5. The van der Waals surface area contributed by atoms with E-state index < -0.39 is 9.84 Å². The molecule has 0 N–H and O–H groups in total. The van der Waals surface area contributed by atoms with E-state index in [0.717, 1.165) is 22.0 Å². The molecular weight excluding hydrogens is 300 g/mol. The van der Waals surface area contributed by atoms with Crippen molar-refractivity contribution in [1.29, 1.82) is 0 Å². The van der Waals surface area contributed by atoms with Gasteiger partial charge in [-0.2, -0.15) is 0 Å². The summed E-state index contributed by atoms with van der Waals surface area (Å²) in [4.78, 5) is 0. The van der Waals surface area contributed by atoms with Gasteiger partial charge in [-0.15, -0.1) is 0 Å². The van der Waals surface area contributed by atoms with Crippen LogP contribution in [0.15, 0.2) is 18.2 Å². The van der Waals surface area contributed by atoms with Gasteiger partial charge in [0.25, 0.3) is 0 Å². The molecule has 0 radical (unpaired) electrons. The highest BCUT2D eigenvalue weighted by molar-refractivity contribution is 9.09. The summed E-state index contributed by atoms with van der Waals surface area (Å²) in [6.45, 7) is 5.92. The quantitative estimate of drug-likeness (QED) is 0.781. The first-order chi connectivity index (χ1) is 7.82. The Hall–Kier alpha value is -0.350. The summed E-state index contributed by atoms with van der Waals surface area (Å²) >= 11 is 3.31. The lowest BCUT2D eigenvalue weighted by molar-refractivity contribution is 0.583. The van der Waals surface area contributed by atoms with Crippen LogP contribution in [-0.2, 0) is 15.6 Å². The average molecular weight is 319 g/mol. The van der Waals surface area contributed by atoms with Crippen molar-refractivity contribution in [2.24, 2.45) is 5.92 Å². The minimum atomic E-state index is -3.01. The van der Waals surface area contributed by atoms with Crippen LogP contribution < -0.4 is 0 Å². The number of alkyl halides is 1. The van der Waals surface area contributed by atoms with Gasteiger partial charge in [-0.25, -0.2) is 8.42 Å². The van der Waals surface area contributed by atoms with E-state index in [1.54, 1.807) is 0 Å². The molecule has 0 heterocycles. The SMILES string of the molecule is Cc1cc(C)cc(CS(=O)(=O)CC(C)CBr)c1.